The molecule has 102 valence electrons. The molecule has 2 aromatic heterocycles. The van der Waals surface area contributed by atoms with Crippen LogP contribution in [0.5, 0.6) is 0 Å². The summed E-state index contributed by atoms with van der Waals surface area (Å²) >= 11 is 1.82. The van der Waals surface area contributed by atoms with Gasteiger partial charge in [0.2, 0.25) is 0 Å². The van der Waals surface area contributed by atoms with Gasteiger partial charge in [-0.2, -0.15) is 0 Å². The molecule has 4 heteroatoms. The van der Waals surface area contributed by atoms with Crippen LogP contribution in [0.1, 0.15) is 35.0 Å². The van der Waals surface area contributed by atoms with Crippen LogP contribution in [0.4, 0.5) is 0 Å². The zero-order valence-electron chi connectivity index (χ0n) is 11.8. The summed E-state index contributed by atoms with van der Waals surface area (Å²) in [5.41, 5.74) is 2.48. The van der Waals surface area contributed by atoms with Crippen LogP contribution < -0.4 is 5.32 Å². The third-order valence-corrected chi connectivity index (χ3v) is 3.94. The normalized spacial score (nSPS) is 11.2. The summed E-state index contributed by atoms with van der Waals surface area (Å²) in [6, 6.07) is 4.08. The number of thiazole rings is 1. The molecular formula is C15H21N3S. The molecule has 0 aliphatic carbocycles. The van der Waals surface area contributed by atoms with Crippen LogP contribution in [0, 0.1) is 5.92 Å². The van der Waals surface area contributed by atoms with Crippen molar-refractivity contribution < 1.29 is 0 Å². The van der Waals surface area contributed by atoms with Crippen LogP contribution in [0.3, 0.4) is 0 Å². The first-order chi connectivity index (χ1) is 9.19. The summed E-state index contributed by atoms with van der Waals surface area (Å²) in [7, 11) is 1.99. The Balaban J connectivity index is 2.17. The molecule has 0 aliphatic heterocycles. The first-order valence-electron chi connectivity index (χ1n) is 6.70. The van der Waals surface area contributed by atoms with Crippen LogP contribution >= 0.6 is 11.3 Å². The van der Waals surface area contributed by atoms with Crippen molar-refractivity contribution in [3.8, 4) is 0 Å². The maximum Gasteiger partial charge on any atom is 0.0976 e. The van der Waals surface area contributed by atoms with E-state index in [0.717, 1.165) is 19.4 Å². The molecule has 0 saturated carbocycles. The molecule has 0 aliphatic rings. The van der Waals surface area contributed by atoms with Crippen molar-refractivity contribution in [3.05, 3.63) is 45.7 Å². The van der Waals surface area contributed by atoms with E-state index < -0.39 is 0 Å². The van der Waals surface area contributed by atoms with E-state index in [4.69, 9.17) is 4.98 Å². The zero-order valence-corrected chi connectivity index (χ0v) is 12.6. The SMILES string of the molecule is CNCc1sc(Cc2cccnc2)nc1CC(C)C. The van der Waals surface area contributed by atoms with Crippen LogP contribution in [-0.2, 0) is 19.4 Å². The van der Waals surface area contributed by atoms with Gasteiger partial charge in [0, 0.05) is 30.2 Å². The van der Waals surface area contributed by atoms with E-state index in [1.54, 1.807) is 0 Å². The minimum Gasteiger partial charge on any atom is -0.315 e. The first kappa shape index (κ1) is 14.2. The Hall–Kier alpha value is -1.26. The highest BCUT2D eigenvalue weighted by Gasteiger charge is 2.12. The topological polar surface area (TPSA) is 37.8 Å². The monoisotopic (exact) mass is 275 g/mol. The summed E-state index contributed by atoms with van der Waals surface area (Å²) in [5, 5.41) is 4.42. The molecule has 19 heavy (non-hydrogen) atoms. The van der Waals surface area contributed by atoms with Crippen molar-refractivity contribution in [1.82, 2.24) is 15.3 Å². The molecule has 0 atom stereocenters. The number of nitrogens with zero attached hydrogens (tertiary/aromatic N) is 2. The summed E-state index contributed by atoms with van der Waals surface area (Å²) in [6.07, 6.45) is 5.66. The second kappa shape index (κ2) is 6.78. The van der Waals surface area contributed by atoms with E-state index in [2.05, 4.69) is 30.2 Å². The number of hydrogen-bond acceptors (Lipinski definition) is 4. The van der Waals surface area contributed by atoms with Crippen molar-refractivity contribution in [1.29, 1.82) is 0 Å². The predicted octanol–water partition coefficient (Wildman–Crippen LogP) is 3.05. The quantitative estimate of drug-likeness (QED) is 0.880. The molecule has 2 aromatic rings. The molecule has 0 spiro atoms. The van der Waals surface area contributed by atoms with Crippen molar-refractivity contribution >= 4 is 11.3 Å². The predicted molar refractivity (Wildman–Crippen MR) is 80.5 cm³/mol. The molecule has 1 N–H and O–H groups in total. The lowest BCUT2D eigenvalue weighted by Crippen LogP contribution is -2.07. The van der Waals surface area contributed by atoms with Gasteiger partial charge in [-0.25, -0.2) is 4.98 Å². The Bertz CT molecular complexity index is 505. The van der Waals surface area contributed by atoms with Gasteiger partial charge in [0.25, 0.3) is 0 Å². The van der Waals surface area contributed by atoms with Crippen LogP contribution in [-0.4, -0.2) is 17.0 Å². The largest absolute Gasteiger partial charge is 0.315 e. The van der Waals surface area contributed by atoms with Gasteiger partial charge in [0.1, 0.15) is 0 Å². The third kappa shape index (κ3) is 4.11. The lowest BCUT2D eigenvalue weighted by Gasteiger charge is -2.03. The molecule has 0 radical (unpaired) electrons. The Morgan fingerprint density at radius 2 is 2.21 bits per heavy atom. The molecule has 0 unspecified atom stereocenters. The van der Waals surface area contributed by atoms with Gasteiger partial charge >= 0.3 is 0 Å². The Morgan fingerprint density at radius 3 is 2.84 bits per heavy atom. The molecule has 0 saturated heterocycles. The van der Waals surface area contributed by atoms with Crippen molar-refractivity contribution in [3.63, 3.8) is 0 Å². The standard InChI is InChI=1S/C15H21N3S/c1-11(2)7-13-14(10-16-3)19-15(18-13)8-12-5-4-6-17-9-12/h4-6,9,11,16H,7-8,10H2,1-3H3. The molecule has 0 fully saturated rings. The molecular weight excluding hydrogens is 254 g/mol. The fraction of sp³-hybridized carbons (Fsp3) is 0.467. The maximum atomic E-state index is 4.81. The maximum absolute atomic E-state index is 4.81. The van der Waals surface area contributed by atoms with Crippen molar-refractivity contribution in [2.45, 2.75) is 33.2 Å². The number of aromatic nitrogens is 2. The Morgan fingerprint density at radius 1 is 1.37 bits per heavy atom. The van der Waals surface area contributed by atoms with Gasteiger partial charge in [0.15, 0.2) is 0 Å². The summed E-state index contributed by atoms with van der Waals surface area (Å²) < 4.78 is 0. The van der Waals surface area contributed by atoms with Gasteiger partial charge in [-0.1, -0.05) is 19.9 Å². The van der Waals surface area contributed by atoms with E-state index >= 15 is 0 Å². The zero-order chi connectivity index (χ0) is 13.7. The molecule has 0 amide bonds. The molecule has 0 bridgehead atoms. The molecule has 3 nitrogen and oxygen atoms in total. The molecule has 0 aromatic carbocycles. The fourth-order valence-corrected chi connectivity index (χ4v) is 3.18. The second-order valence-electron chi connectivity index (χ2n) is 5.14. The minimum absolute atomic E-state index is 0.643. The van der Waals surface area contributed by atoms with Crippen LogP contribution in [0.15, 0.2) is 24.5 Å². The van der Waals surface area contributed by atoms with Gasteiger partial charge in [-0.15, -0.1) is 11.3 Å². The number of nitrogens with one attached hydrogen (secondary N) is 1. The van der Waals surface area contributed by atoms with E-state index in [1.165, 1.54) is 21.1 Å². The highest BCUT2D eigenvalue weighted by Crippen LogP contribution is 2.23. The second-order valence-corrected chi connectivity index (χ2v) is 6.31. The molecule has 2 rings (SSSR count). The van der Waals surface area contributed by atoms with Crippen molar-refractivity contribution in [2.75, 3.05) is 7.05 Å². The van der Waals surface area contributed by atoms with E-state index in [-0.39, 0.29) is 0 Å². The fourth-order valence-electron chi connectivity index (χ4n) is 2.03. The van der Waals surface area contributed by atoms with E-state index in [9.17, 15) is 0 Å². The number of hydrogen-bond donors (Lipinski definition) is 1. The summed E-state index contributed by atoms with van der Waals surface area (Å²) in [4.78, 5) is 10.3. The van der Waals surface area contributed by atoms with Crippen LogP contribution in [0.25, 0.3) is 0 Å². The van der Waals surface area contributed by atoms with Crippen LogP contribution in [0.2, 0.25) is 0 Å². The summed E-state index contributed by atoms with van der Waals surface area (Å²) in [5.74, 6) is 0.643. The van der Waals surface area contributed by atoms with Gasteiger partial charge in [-0.3, -0.25) is 4.98 Å². The Labute approximate surface area is 119 Å². The van der Waals surface area contributed by atoms with Gasteiger partial charge in [-0.05, 0) is 31.0 Å². The highest BCUT2D eigenvalue weighted by atomic mass is 32.1. The smallest absolute Gasteiger partial charge is 0.0976 e. The van der Waals surface area contributed by atoms with E-state index in [0.29, 0.717) is 5.92 Å². The lowest BCUT2D eigenvalue weighted by atomic mass is 10.1. The average molecular weight is 275 g/mol. The molecule has 2 heterocycles. The van der Waals surface area contributed by atoms with E-state index in [1.807, 2.05) is 36.8 Å². The highest BCUT2D eigenvalue weighted by molar-refractivity contribution is 7.11. The number of rotatable bonds is 6. The van der Waals surface area contributed by atoms with Crippen molar-refractivity contribution in [2.24, 2.45) is 5.92 Å². The Kier molecular flexibility index (Phi) is 5.05. The lowest BCUT2D eigenvalue weighted by molar-refractivity contribution is 0.629. The number of pyridine rings is 1. The minimum atomic E-state index is 0.643. The van der Waals surface area contributed by atoms with Gasteiger partial charge in [0.05, 0.1) is 10.7 Å². The average Bonchev–Trinajstić information content (AvgIpc) is 2.72. The van der Waals surface area contributed by atoms with Gasteiger partial charge < -0.3 is 5.32 Å². The summed E-state index contributed by atoms with van der Waals surface area (Å²) in [6.45, 7) is 5.39. The first-order valence-corrected chi connectivity index (χ1v) is 7.51. The third-order valence-electron chi connectivity index (χ3n) is 2.84.